The van der Waals surface area contributed by atoms with E-state index in [1.165, 1.54) is 0 Å². The number of anilines is 1. The molecular formula is C20H21N3O. The van der Waals surface area contributed by atoms with Crippen molar-refractivity contribution in [3.8, 4) is 0 Å². The van der Waals surface area contributed by atoms with Gasteiger partial charge in [-0.2, -0.15) is 5.10 Å². The van der Waals surface area contributed by atoms with Crippen LogP contribution in [0.3, 0.4) is 0 Å². The highest BCUT2D eigenvalue weighted by Gasteiger charge is 2.19. The third kappa shape index (κ3) is 3.71. The van der Waals surface area contributed by atoms with Gasteiger partial charge in [0.25, 0.3) is 0 Å². The van der Waals surface area contributed by atoms with Crippen molar-refractivity contribution in [1.82, 2.24) is 9.78 Å². The maximum atomic E-state index is 12.7. The Hall–Kier alpha value is -2.88. The number of carbonyl (C=O) groups excluding carboxylic acids is 1. The predicted octanol–water partition coefficient (Wildman–Crippen LogP) is 4.06. The van der Waals surface area contributed by atoms with Crippen LogP contribution in [0, 0.1) is 0 Å². The first-order valence-corrected chi connectivity index (χ1v) is 8.19. The molecule has 0 aliphatic rings. The largest absolute Gasteiger partial charge is 0.310 e. The minimum atomic E-state index is -0.161. The molecular weight excluding hydrogens is 298 g/mol. The summed E-state index contributed by atoms with van der Waals surface area (Å²) in [4.78, 5) is 12.7. The second-order valence-corrected chi connectivity index (χ2v) is 5.72. The van der Waals surface area contributed by atoms with E-state index in [0.717, 1.165) is 23.4 Å². The van der Waals surface area contributed by atoms with Gasteiger partial charge in [-0.15, -0.1) is 0 Å². The van der Waals surface area contributed by atoms with Crippen LogP contribution in [0.25, 0.3) is 0 Å². The number of carbonyl (C=O) groups is 1. The summed E-state index contributed by atoms with van der Waals surface area (Å²) in [7, 11) is 0. The molecule has 0 saturated heterocycles. The molecule has 1 atom stereocenters. The summed E-state index contributed by atoms with van der Waals surface area (Å²) in [6.07, 6.45) is 2.46. The standard InChI is InChI=1S/C20H21N3O/c1-2-18(17-11-7-4-8-12-17)20(24)22-19-13-14-21-23(19)15-16-9-5-3-6-10-16/h3-14,18H,2,15H2,1H3,(H,22,24). The second kappa shape index (κ2) is 7.59. The van der Waals surface area contributed by atoms with E-state index in [4.69, 9.17) is 0 Å². The number of aromatic nitrogens is 2. The Labute approximate surface area is 142 Å². The molecule has 0 saturated carbocycles. The highest BCUT2D eigenvalue weighted by atomic mass is 16.2. The van der Waals surface area contributed by atoms with Crippen LogP contribution in [0.4, 0.5) is 5.82 Å². The summed E-state index contributed by atoms with van der Waals surface area (Å²) in [6, 6.07) is 21.8. The number of rotatable bonds is 6. The van der Waals surface area contributed by atoms with Gasteiger partial charge in [-0.25, -0.2) is 4.68 Å². The molecule has 2 aromatic carbocycles. The Morgan fingerprint density at radius 3 is 2.38 bits per heavy atom. The molecule has 1 aromatic heterocycles. The van der Waals surface area contributed by atoms with Crippen molar-refractivity contribution in [2.24, 2.45) is 0 Å². The summed E-state index contributed by atoms with van der Waals surface area (Å²) < 4.78 is 1.81. The molecule has 122 valence electrons. The Bertz CT molecular complexity index is 781. The van der Waals surface area contributed by atoms with Crippen molar-refractivity contribution in [1.29, 1.82) is 0 Å². The van der Waals surface area contributed by atoms with E-state index in [1.54, 1.807) is 6.20 Å². The zero-order chi connectivity index (χ0) is 16.8. The van der Waals surface area contributed by atoms with E-state index >= 15 is 0 Å². The smallest absolute Gasteiger partial charge is 0.233 e. The number of hydrogen-bond donors (Lipinski definition) is 1. The summed E-state index contributed by atoms with van der Waals surface area (Å²) in [5.74, 6) is 0.558. The van der Waals surface area contributed by atoms with Gasteiger partial charge in [0.05, 0.1) is 18.7 Å². The normalized spacial score (nSPS) is 11.9. The first-order valence-electron chi connectivity index (χ1n) is 8.19. The quantitative estimate of drug-likeness (QED) is 0.744. The van der Waals surface area contributed by atoms with Gasteiger partial charge in [-0.1, -0.05) is 67.6 Å². The fourth-order valence-corrected chi connectivity index (χ4v) is 2.79. The SMILES string of the molecule is CCC(C(=O)Nc1ccnn1Cc1ccccc1)c1ccccc1. The molecule has 3 aromatic rings. The van der Waals surface area contributed by atoms with E-state index < -0.39 is 0 Å². The molecule has 0 radical (unpaired) electrons. The van der Waals surface area contributed by atoms with Gasteiger partial charge in [0.15, 0.2) is 0 Å². The Morgan fingerprint density at radius 1 is 1.04 bits per heavy atom. The van der Waals surface area contributed by atoms with Crippen LogP contribution in [0.1, 0.15) is 30.4 Å². The molecule has 4 nitrogen and oxygen atoms in total. The van der Waals surface area contributed by atoms with E-state index in [-0.39, 0.29) is 11.8 Å². The van der Waals surface area contributed by atoms with Crippen LogP contribution >= 0.6 is 0 Å². The summed E-state index contributed by atoms with van der Waals surface area (Å²) in [5.41, 5.74) is 2.18. The average molecular weight is 319 g/mol. The maximum Gasteiger partial charge on any atom is 0.233 e. The first kappa shape index (κ1) is 16.0. The topological polar surface area (TPSA) is 46.9 Å². The molecule has 0 spiro atoms. The number of benzene rings is 2. The van der Waals surface area contributed by atoms with Crippen molar-refractivity contribution in [3.63, 3.8) is 0 Å². The van der Waals surface area contributed by atoms with Gasteiger partial charge >= 0.3 is 0 Å². The molecule has 1 unspecified atom stereocenters. The monoisotopic (exact) mass is 319 g/mol. The third-order valence-corrected chi connectivity index (χ3v) is 4.07. The van der Waals surface area contributed by atoms with E-state index in [9.17, 15) is 4.79 Å². The Morgan fingerprint density at radius 2 is 1.71 bits per heavy atom. The van der Waals surface area contributed by atoms with Gasteiger partial charge in [0.1, 0.15) is 5.82 Å². The van der Waals surface area contributed by atoms with Gasteiger partial charge in [-0.05, 0) is 17.5 Å². The minimum Gasteiger partial charge on any atom is -0.310 e. The fraction of sp³-hybridized carbons (Fsp3) is 0.200. The maximum absolute atomic E-state index is 12.7. The van der Waals surface area contributed by atoms with Gasteiger partial charge in [0, 0.05) is 6.07 Å². The van der Waals surface area contributed by atoms with Gasteiger partial charge in [-0.3, -0.25) is 4.79 Å². The second-order valence-electron chi connectivity index (χ2n) is 5.72. The predicted molar refractivity (Wildman–Crippen MR) is 95.9 cm³/mol. The molecule has 0 fully saturated rings. The molecule has 0 aliphatic heterocycles. The Balaban J connectivity index is 1.74. The zero-order valence-corrected chi connectivity index (χ0v) is 13.7. The van der Waals surface area contributed by atoms with Crippen LogP contribution in [-0.2, 0) is 11.3 Å². The molecule has 24 heavy (non-hydrogen) atoms. The lowest BCUT2D eigenvalue weighted by Gasteiger charge is -2.16. The molecule has 1 heterocycles. The highest BCUT2D eigenvalue weighted by molar-refractivity contribution is 5.95. The molecule has 1 amide bonds. The van der Waals surface area contributed by atoms with E-state index in [1.807, 2.05) is 78.3 Å². The lowest BCUT2D eigenvalue weighted by atomic mass is 9.96. The van der Waals surface area contributed by atoms with Crippen LogP contribution in [-0.4, -0.2) is 15.7 Å². The first-order chi connectivity index (χ1) is 11.8. The zero-order valence-electron chi connectivity index (χ0n) is 13.7. The van der Waals surface area contributed by atoms with Crippen molar-refractivity contribution >= 4 is 11.7 Å². The van der Waals surface area contributed by atoms with Crippen molar-refractivity contribution in [2.75, 3.05) is 5.32 Å². The number of amides is 1. The number of nitrogens with one attached hydrogen (secondary N) is 1. The Kier molecular flexibility index (Phi) is 5.06. The lowest BCUT2D eigenvalue weighted by Crippen LogP contribution is -2.22. The number of hydrogen-bond acceptors (Lipinski definition) is 2. The van der Waals surface area contributed by atoms with Crippen molar-refractivity contribution in [3.05, 3.63) is 84.1 Å². The molecule has 3 rings (SSSR count). The third-order valence-electron chi connectivity index (χ3n) is 4.07. The van der Waals surface area contributed by atoms with Gasteiger partial charge < -0.3 is 5.32 Å². The minimum absolute atomic E-state index is 0.00138. The molecule has 0 aliphatic carbocycles. The van der Waals surface area contributed by atoms with Gasteiger partial charge in [0.2, 0.25) is 5.91 Å². The molecule has 0 bridgehead atoms. The van der Waals surface area contributed by atoms with Crippen LogP contribution in [0.15, 0.2) is 72.9 Å². The highest BCUT2D eigenvalue weighted by Crippen LogP contribution is 2.21. The fourth-order valence-electron chi connectivity index (χ4n) is 2.79. The van der Waals surface area contributed by atoms with Crippen LogP contribution in [0.2, 0.25) is 0 Å². The van der Waals surface area contributed by atoms with Crippen LogP contribution in [0.5, 0.6) is 0 Å². The molecule has 4 heteroatoms. The lowest BCUT2D eigenvalue weighted by molar-refractivity contribution is -0.117. The number of nitrogens with zero attached hydrogens (tertiary/aromatic N) is 2. The van der Waals surface area contributed by atoms with E-state index in [0.29, 0.717) is 6.54 Å². The van der Waals surface area contributed by atoms with Crippen LogP contribution < -0.4 is 5.32 Å². The summed E-state index contributed by atoms with van der Waals surface area (Å²) in [5, 5.41) is 7.35. The summed E-state index contributed by atoms with van der Waals surface area (Å²) in [6.45, 7) is 2.66. The average Bonchev–Trinajstić information content (AvgIpc) is 3.04. The summed E-state index contributed by atoms with van der Waals surface area (Å²) >= 11 is 0. The van der Waals surface area contributed by atoms with Crippen molar-refractivity contribution in [2.45, 2.75) is 25.8 Å². The molecule has 1 N–H and O–H groups in total. The van der Waals surface area contributed by atoms with E-state index in [2.05, 4.69) is 10.4 Å². The van der Waals surface area contributed by atoms with Crippen molar-refractivity contribution < 1.29 is 4.79 Å².